The topological polar surface area (TPSA) is 67.6 Å². The molecule has 0 bridgehead atoms. The zero-order valence-electron chi connectivity index (χ0n) is 6.21. The Hall–Kier alpha value is -0.850. The smallest absolute Gasteiger partial charge is 0.143 e. The number of anilines is 1. The molecule has 0 spiro atoms. The molecule has 0 saturated carbocycles. The molecule has 2 aromatic heterocycles. The second kappa shape index (κ2) is 2.89. The van der Waals surface area contributed by atoms with Crippen LogP contribution in [-0.4, -0.2) is 15.0 Å². The highest BCUT2D eigenvalue weighted by Crippen LogP contribution is 2.22. The van der Waals surface area contributed by atoms with Gasteiger partial charge in [0.05, 0.1) is 5.39 Å². The first-order valence-corrected chi connectivity index (χ1v) is 4.98. The number of hydrogen-bond donors (Lipinski definition) is 2. The number of nitrogen functional groups attached to an aromatic ring is 1. The lowest BCUT2D eigenvalue weighted by Gasteiger charge is -1.95. The van der Waals surface area contributed by atoms with E-state index in [-0.39, 0.29) is 0 Å². The van der Waals surface area contributed by atoms with Gasteiger partial charge in [0.15, 0.2) is 0 Å². The maximum atomic E-state index is 5.70. The summed E-state index contributed by atoms with van der Waals surface area (Å²) in [7, 11) is 0. The van der Waals surface area contributed by atoms with Crippen LogP contribution in [0.4, 0.5) is 5.82 Å². The minimum absolute atomic E-state index is 0.549. The van der Waals surface area contributed by atoms with Crippen LogP contribution in [0.15, 0.2) is 12.5 Å². The van der Waals surface area contributed by atoms with Crippen LogP contribution in [0, 0.1) is 0 Å². The molecule has 12 heavy (non-hydrogen) atoms. The van der Waals surface area contributed by atoms with E-state index in [9.17, 15) is 0 Å². The molecule has 2 heterocycles. The standard InChI is InChI=1S/C7H7IN4/c8-1-4-2-10-7-5(4)6(9)11-3-12-7/h2-3H,1H2,(H3,9,10,11,12). The molecule has 0 fully saturated rings. The van der Waals surface area contributed by atoms with Crippen LogP contribution in [0.25, 0.3) is 11.0 Å². The second-order valence-electron chi connectivity index (χ2n) is 2.43. The molecule has 0 aliphatic rings. The summed E-state index contributed by atoms with van der Waals surface area (Å²) in [5.74, 6) is 0.549. The lowest BCUT2D eigenvalue weighted by atomic mass is 10.2. The number of fused-ring (bicyclic) bond motifs is 1. The van der Waals surface area contributed by atoms with E-state index in [1.807, 2.05) is 6.20 Å². The van der Waals surface area contributed by atoms with Gasteiger partial charge in [-0.3, -0.25) is 0 Å². The fourth-order valence-electron chi connectivity index (χ4n) is 1.16. The van der Waals surface area contributed by atoms with E-state index in [0.717, 1.165) is 21.0 Å². The van der Waals surface area contributed by atoms with Gasteiger partial charge in [0.25, 0.3) is 0 Å². The highest BCUT2D eigenvalue weighted by Gasteiger charge is 2.06. The molecular weight excluding hydrogens is 267 g/mol. The van der Waals surface area contributed by atoms with Crippen molar-refractivity contribution in [2.24, 2.45) is 0 Å². The molecule has 4 nitrogen and oxygen atoms in total. The maximum Gasteiger partial charge on any atom is 0.143 e. The van der Waals surface area contributed by atoms with E-state index in [1.54, 1.807) is 0 Å². The molecule has 0 radical (unpaired) electrons. The van der Waals surface area contributed by atoms with Crippen molar-refractivity contribution in [2.45, 2.75) is 4.43 Å². The molecular formula is C7H7IN4. The van der Waals surface area contributed by atoms with Crippen LogP contribution in [-0.2, 0) is 4.43 Å². The third-order valence-electron chi connectivity index (χ3n) is 1.72. The van der Waals surface area contributed by atoms with Gasteiger partial charge in [0.1, 0.15) is 17.8 Å². The Morgan fingerprint density at radius 2 is 2.33 bits per heavy atom. The summed E-state index contributed by atoms with van der Waals surface area (Å²) in [6, 6.07) is 0. The number of aromatic amines is 1. The molecule has 0 aliphatic carbocycles. The number of hydrogen-bond acceptors (Lipinski definition) is 3. The first kappa shape index (κ1) is 7.78. The van der Waals surface area contributed by atoms with Crippen LogP contribution in [0.1, 0.15) is 5.56 Å². The van der Waals surface area contributed by atoms with E-state index in [2.05, 4.69) is 37.5 Å². The average Bonchev–Trinajstić information content (AvgIpc) is 2.49. The summed E-state index contributed by atoms with van der Waals surface area (Å²) in [5, 5.41) is 0.951. The molecule has 0 aliphatic heterocycles. The summed E-state index contributed by atoms with van der Waals surface area (Å²) in [5.41, 5.74) is 7.67. The van der Waals surface area contributed by atoms with Crippen LogP contribution in [0.3, 0.4) is 0 Å². The Balaban J connectivity index is 2.83. The van der Waals surface area contributed by atoms with Crippen molar-refractivity contribution in [1.29, 1.82) is 0 Å². The normalized spacial score (nSPS) is 10.8. The number of nitrogens with one attached hydrogen (secondary N) is 1. The molecule has 0 unspecified atom stereocenters. The molecule has 62 valence electrons. The predicted octanol–water partition coefficient (Wildman–Crippen LogP) is 1.48. The SMILES string of the molecule is Nc1ncnc2[nH]cc(CI)c12. The molecule has 0 amide bonds. The van der Waals surface area contributed by atoms with E-state index in [0.29, 0.717) is 5.82 Å². The maximum absolute atomic E-state index is 5.70. The van der Waals surface area contributed by atoms with Gasteiger partial charge >= 0.3 is 0 Å². The summed E-state index contributed by atoms with van der Waals surface area (Å²) in [4.78, 5) is 11.0. The molecule has 0 atom stereocenters. The zero-order valence-corrected chi connectivity index (χ0v) is 8.37. The van der Waals surface area contributed by atoms with Gasteiger partial charge in [-0.2, -0.15) is 0 Å². The van der Waals surface area contributed by atoms with Crippen molar-refractivity contribution < 1.29 is 0 Å². The highest BCUT2D eigenvalue weighted by atomic mass is 127. The molecule has 2 rings (SSSR count). The van der Waals surface area contributed by atoms with Gasteiger partial charge in [-0.1, -0.05) is 22.6 Å². The number of nitrogens with two attached hydrogens (primary N) is 1. The summed E-state index contributed by atoms with van der Waals surface area (Å²) < 4.78 is 0.912. The molecule has 3 N–H and O–H groups in total. The Bertz CT molecular complexity index is 409. The quantitative estimate of drug-likeness (QED) is 0.611. The van der Waals surface area contributed by atoms with Crippen molar-refractivity contribution in [1.82, 2.24) is 15.0 Å². The minimum atomic E-state index is 0.549. The van der Waals surface area contributed by atoms with Crippen LogP contribution in [0.5, 0.6) is 0 Å². The molecule has 5 heteroatoms. The monoisotopic (exact) mass is 274 g/mol. The first-order valence-electron chi connectivity index (χ1n) is 3.45. The van der Waals surface area contributed by atoms with Crippen LogP contribution in [0.2, 0.25) is 0 Å². The number of nitrogens with zero attached hydrogens (tertiary/aromatic N) is 2. The molecule has 0 aromatic carbocycles. The Kier molecular flexibility index (Phi) is 1.87. The predicted molar refractivity (Wildman–Crippen MR) is 56.0 cm³/mol. The highest BCUT2D eigenvalue weighted by molar-refractivity contribution is 14.1. The third-order valence-corrected chi connectivity index (χ3v) is 2.55. The van der Waals surface area contributed by atoms with Gasteiger partial charge in [-0.15, -0.1) is 0 Å². The average molecular weight is 274 g/mol. The van der Waals surface area contributed by atoms with E-state index in [1.165, 1.54) is 6.33 Å². The summed E-state index contributed by atoms with van der Waals surface area (Å²) >= 11 is 2.28. The zero-order chi connectivity index (χ0) is 8.55. The van der Waals surface area contributed by atoms with Crippen molar-refractivity contribution in [3.8, 4) is 0 Å². The fraction of sp³-hybridized carbons (Fsp3) is 0.143. The Morgan fingerprint density at radius 1 is 1.50 bits per heavy atom. The van der Waals surface area contributed by atoms with Gasteiger partial charge in [0.2, 0.25) is 0 Å². The largest absolute Gasteiger partial charge is 0.383 e. The Labute approximate surface area is 82.7 Å². The van der Waals surface area contributed by atoms with E-state index in [4.69, 9.17) is 5.73 Å². The van der Waals surface area contributed by atoms with Gasteiger partial charge in [0, 0.05) is 10.6 Å². The van der Waals surface area contributed by atoms with Crippen LogP contribution >= 0.6 is 22.6 Å². The van der Waals surface area contributed by atoms with Crippen molar-refractivity contribution in [3.05, 3.63) is 18.1 Å². The molecule has 2 aromatic rings. The van der Waals surface area contributed by atoms with E-state index < -0.39 is 0 Å². The number of H-pyrrole nitrogens is 1. The fourth-order valence-corrected chi connectivity index (χ4v) is 1.76. The number of halogens is 1. The summed E-state index contributed by atoms with van der Waals surface area (Å²) in [6.45, 7) is 0. The van der Waals surface area contributed by atoms with E-state index >= 15 is 0 Å². The van der Waals surface area contributed by atoms with Crippen molar-refractivity contribution >= 4 is 39.4 Å². The minimum Gasteiger partial charge on any atom is -0.383 e. The van der Waals surface area contributed by atoms with Crippen molar-refractivity contribution in [2.75, 3.05) is 5.73 Å². The van der Waals surface area contributed by atoms with Gasteiger partial charge in [-0.05, 0) is 5.56 Å². The molecule has 0 saturated heterocycles. The lowest BCUT2D eigenvalue weighted by Crippen LogP contribution is -1.92. The van der Waals surface area contributed by atoms with Crippen LogP contribution < -0.4 is 5.73 Å². The van der Waals surface area contributed by atoms with Crippen molar-refractivity contribution in [3.63, 3.8) is 0 Å². The summed E-state index contributed by atoms with van der Waals surface area (Å²) in [6.07, 6.45) is 3.38. The first-order chi connectivity index (χ1) is 5.83. The number of rotatable bonds is 1. The number of alkyl halides is 1. The third kappa shape index (κ3) is 1.04. The second-order valence-corrected chi connectivity index (χ2v) is 3.19. The van der Waals surface area contributed by atoms with Gasteiger partial charge in [-0.25, -0.2) is 9.97 Å². The Morgan fingerprint density at radius 3 is 3.08 bits per heavy atom. The lowest BCUT2D eigenvalue weighted by molar-refractivity contribution is 1.21. The number of aromatic nitrogens is 3. The van der Waals surface area contributed by atoms with Gasteiger partial charge < -0.3 is 10.7 Å².